The summed E-state index contributed by atoms with van der Waals surface area (Å²) in [6, 6.07) is 20.6. The molecule has 0 radical (unpaired) electrons. The number of benzene rings is 1. The van der Waals surface area contributed by atoms with Crippen LogP contribution in [0.3, 0.4) is 0 Å². The van der Waals surface area contributed by atoms with Crippen molar-refractivity contribution in [3.8, 4) is 0 Å². The molecule has 5 nitrogen and oxygen atoms in total. The minimum Gasteiger partial charge on any atom is -0.357 e. The van der Waals surface area contributed by atoms with E-state index in [0.717, 1.165) is 32.5 Å². The fourth-order valence-electron chi connectivity index (χ4n) is 3.29. The van der Waals surface area contributed by atoms with Crippen LogP contribution >= 0.6 is 11.3 Å². The molecule has 30 heavy (non-hydrogen) atoms. The number of hydrogen-bond acceptors (Lipinski definition) is 5. The summed E-state index contributed by atoms with van der Waals surface area (Å²) in [6.07, 6.45) is 3.53. The smallest absolute Gasteiger partial charge is 0.256 e. The number of carbonyl (C=O) groups is 1. The minimum atomic E-state index is -0.253. The average Bonchev–Trinajstić information content (AvgIpc) is 3.07. The van der Waals surface area contributed by atoms with Crippen molar-refractivity contribution < 1.29 is 4.79 Å². The molecular weight excluding hydrogens is 392 g/mol. The van der Waals surface area contributed by atoms with Gasteiger partial charge in [-0.05, 0) is 55.8 Å². The molecule has 1 aromatic carbocycles. The summed E-state index contributed by atoms with van der Waals surface area (Å²) in [4.78, 5) is 23.0. The van der Waals surface area contributed by atoms with Crippen molar-refractivity contribution >= 4 is 28.1 Å². The van der Waals surface area contributed by atoms with Crippen LogP contribution < -0.4 is 10.6 Å². The molecule has 4 rings (SSSR count). The molecule has 0 bridgehead atoms. The molecule has 1 atom stereocenters. The van der Waals surface area contributed by atoms with E-state index in [2.05, 4.69) is 34.4 Å². The summed E-state index contributed by atoms with van der Waals surface area (Å²) in [6.45, 7) is 4.15. The Morgan fingerprint density at radius 1 is 0.900 bits per heavy atom. The van der Waals surface area contributed by atoms with E-state index >= 15 is 0 Å². The zero-order valence-corrected chi connectivity index (χ0v) is 17.6. The predicted octanol–water partition coefficient (Wildman–Crippen LogP) is 5.61. The maximum absolute atomic E-state index is 12.9. The van der Waals surface area contributed by atoms with Gasteiger partial charge in [-0.25, -0.2) is 4.98 Å². The molecule has 1 unspecified atom stereocenters. The van der Waals surface area contributed by atoms with E-state index in [0.29, 0.717) is 5.56 Å². The van der Waals surface area contributed by atoms with E-state index in [1.807, 2.05) is 66.7 Å². The molecule has 3 heterocycles. The first-order valence-corrected chi connectivity index (χ1v) is 10.5. The Balaban J connectivity index is 1.76. The molecule has 0 aliphatic rings. The van der Waals surface area contributed by atoms with E-state index < -0.39 is 0 Å². The summed E-state index contributed by atoms with van der Waals surface area (Å²) in [5.41, 5.74) is 3.62. The standard InChI is InChI=1S/C24H22N4OS/c1-16-17(2)30-24(28-23(29)18-10-4-3-5-11-18)21(16)22(19-12-6-8-14-25-19)27-20-13-7-9-15-26-20/h3-15,22H,1-2H3,(H,26,27)(H,28,29). The number of pyridine rings is 2. The van der Waals surface area contributed by atoms with E-state index in [-0.39, 0.29) is 11.9 Å². The van der Waals surface area contributed by atoms with Crippen molar-refractivity contribution in [3.05, 3.63) is 106 Å². The highest BCUT2D eigenvalue weighted by atomic mass is 32.1. The summed E-state index contributed by atoms with van der Waals surface area (Å²) in [7, 11) is 0. The third-order valence-corrected chi connectivity index (χ3v) is 6.06. The highest BCUT2D eigenvalue weighted by Crippen LogP contribution is 2.40. The molecule has 0 aliphatic carbocycles. The van der Waals surface area contributed by atoms with Gasteiger partial charge in [0, 0.05) is 28.4 Å². The van der Waals surface area contributed by atoms with Crippen LogP contribution in [-0.4, -0.2) is 15.9 Å². The lowest BCUT2D eigenvalue weighted by Crippen LogP contribution is -2.18. The number of nitrogens with zero attached hydrogens (tertiary/aromatic N) is 2. The molecule has 0 fully saturated rings. The molecule has 0 aliphatic heterocycles. The fraction of sp³-hybridized carbons (Fsp3) is 0.125. The van der Waals surface area contributed by atoms with Crippen LogP contribution in [-0.2, 0) is 0 Å². The first-order valence-electron chi connectivity index (χ1n) is 9.68. The Morgan fingerprint density at radius 3 is 2.27 bits per heavy atom. The van der Waals surface area contributed by atoms with Gasteiger partial charge in [0.05, 0.1) is 11.7 Å². The Hall–Kier alpha value is -3.51. The largest absolute Gasteiger partial charge is 0.357 e. The molecule has 150 valence electrons. The van der Waals surface area contributed by atoms with E-state index in [4.69, 9.17) is 0 Å². The van der Waals surface area contributed by atoms with Gasteiger partial charge < -0.3 is 10.6 Å². The first-order chi connectivity index (χ1) is 14.6. The van der Waals surface area contributed by atoms with Crippen molar-refractivity contribution in [2.24, 2.45) is 0 Å². The molecule has 1 amide bonds. The van der Waals surface area contributed by atoms with E-state index in [9.17, 15) is 4.79 Å². The Labute approximate surface area is 179 Å². The summed E-state index contributed by atoms with van der Waals surface area (Å²) < 4.78 is 0. The number of aromatic nitrogens is 2. The summed E-state index contributed by atoms with van der Waals surface area (Å²) in [5, 5.41) is 7.43. The van der Waals surface area contributed by atoms with Crippen molar-refractivity contribution in [1.82, 2.24) is 9.97 Å². The normalized spacial score (nSPS) is 11.7. The molecule has 3 aromatic heterocycles. The number of hydrogen-bond donors (Lipinski definition) is 2. The molecule has 0 saturated carbocycles. The topological polar surface area (TPSA) is 66.9 Å². The second-order valence-corrected chi connectivity index (χ2v) is 8.12. The van der Waals surface area contributed by atoms with Crippen LogP contribution in [0.25, 0.3) is 0 Å². The third-order valence-electron chi connectivity index (χ3n) is 4.92. The molecule has 2 N–H and O–H groups in total. The SMILES string of the molecule is Cc1sc(NC(=O)c2ccccc2)c(C(Nc2ccccn2)c2ccccn2)c1C. The highest BCUT2D eigenvalue weighted by Gasteiger charge is 2.26. The van der Waals surface area contributed by atoms with Gasteiger partial charge in [-0.3, -0.25) is 9.78 Å². The number of anilines is 2. The minimum absolute atomic E-state index is 0.129. The number of carbonyl (C=O) groups excluding carboxylic acids is 1. The number of amides is 1. The van der Waals surface area contributed by atoms with Crippen molar-refractivity contribution in [1.29, 1.82) is 0 Å². The van der Waals surface area contributed by atoms with Gasteiger partial charge in [0.25, 0.3) is 5.91 Å². The number of aryl methyl sites for hydroxylation is 1. The van der Waals surface area contributed by atoms with Crippen molar-refractivity contribution in [2.75, 3.05) is 10.6 Å². The molecule has 0 spiro atoms. The fourth-order valence-corrected chi connectivity index (χ4v) is 4.38. The van der Waals surface area contributed by atoms with Crippen LogP contribution in [0.1, 0.15) is 38.1 Å². The number of thiophene rings is 1. The Kier molecular flexibility index (Phi) is 5.86. The van der Waals surface area contributed by atoms with Gasteiger partial charge in [-0.2, -0.15) is 0 Å². The monoisotopic (exact) mass is 414 g/mol. The van der Waals surface area contributed by atoms with Gasteiger partial charge in [0.15, 0.2) is 0 Å². The van der Waals surface area contributed by atoms with Crippen LogP contribution in [0.4, 0.5) is 10.8 Å². The van der Waals surface area contributed by atoms with Crippen molar-refractivity contribution in [2.45, 2.75) is 19.9 Å². The molecule has 4 aromatic rings. The molecule has 6 heteroatoms. The summed E-state index contributed by atoms with van der Waals surface area (Å²) >= 11 is 1.58. The lowest BCUT2D eigenvalue weighted by atomic mass is 10.00. The predicted molar refractivity (Wildman–Crippen MR) is 122 cm³/mol. The van der Waals surface area contributed by atoms with Gasteiger partial charge in [0.1, 0.15) is 10.8 Å². The maximum Gasteiger partial charge on any atom is 0.256 e. The Morgan fingerprint density at radius 2 is 1.60 bits per heavy atom. The second-order valence-electron chi connectivity index (χ2n) is 6.89. The van der Waals surface area contributed by atoms with Crippen molar-refractivity contribution in [3.63, 3.8) is 0 Å². The van der Waals surface area contributed by atoms with Crippen LogP contribution in [0.15, 0.2) is 79.1 Å². The van der Waals surface area contributed by atoms with E-state index in [1.165, 1.54) is 0 Å². The lowest BCUT2D eigenvalue weighted by molar-refractivity contribution is 0.102. The third kappa shape index (κ3) is 4.23. The number of nitrogens with one attached hydrogen (secondary N) is 2. The van der Waals surface area contributed by atoms with E-state index in [1.54, 1.807) is 23.7 Å². The zero-order chi connectivity index (χ0) is 20.9. The van der Waals surface area contributed by atoms with Gasteiger partial charge in [-0.1, -0.05) is 30.3 Å². The summed E-state index contributed by atoms with van der Waals surface area (Å²) in [5.74, 6) is 0.618. The van der Waals surface area contributed by atoms with Gasteiger partial charge >= 0.3 is 0 Å². The second kappa shape index (κ2) is 8.88. The first kappa shape index (κ1) is 19.8. The maximum atomic E-state index is 12.9. The number of rotatable bonds is 6. The molecular formula is C24H22N4OS. The quantitative estimate of drug-likeness (QED) is 0.430. The average molecular weight is 415 g/mol. The van der Waals surface area contributed by atoms with Gasteiger partial charge in [0.2, 0.25) is 0 Å². The van der Waals surface area contributed by atoms with Crippen LogP contribution in [0.5, 0.6) is 0 Å². The highest BCUT2D eigenvalue weighted by molar-refractivity contribution is 7.16. The van der Waals surface area contributed by atoms with Gasteiger partial charge in [-0.15, -0.1) is 11.3 Å². The van der Waals surface area contributed by atoms with Crippen LogP contribution in [0.2, 0.25) is 0 Å². The zero-order valence-electron chi connectivity index (χ0n) is 16.8. The molecule has 0 saturated heterocycles. The lowest BCUT2D eigenvalue weighted by Gasteiger charge is -2.21. The Bertz CT molecular complexity index is 1130. The van der Waals surface area contributed by atoms with Crippen LogP contribution in [0, 0.1) is 13.8 Å².